The molecule has 2 N–H and O–H groups in total. The topological polar surface area (TPSA) is 91.7 Å². The van der Waals surface area contributed by atoms with Gasteiger partial charge < -0.3 is 10.5 Å². The van der Waals surface area contributed by atoms with Crippen LogP contribution in [-0.2, 0) is 6.54 Å². The van der Waals surface area contributed by atoms with Gasteiger partial charge in [-0.05, 0) is 18.5 Å². The molecule has 0 bridgehead atoms. The van der Waals surface area contributed by atoms with E-state index in [2.05, 4.69) is 20.1 Å². The maximum atomic E-state index is 5.61. The smallest absolute Gasteiger partial charge is 0.328 e. The summed E-state index contributed by atoms with van der Waals surface area (Å²) in [5, 5.41) is 4.02. The van der Waals surface area contributed by atoms with Crippen molar-refractivity contribution in [3.8, 4) is 11.8 Å². The number of hydrogen-bond donors (Lipinski definition) is 1. The number of aryl methyl sites for hydroxylation is 1. The quantitative estimate of drug-likeness (QED) is 0.864. The molecule has 16 heavy (non-hydrogen) atoms. The van der Waals surface area contributed by atoms with E-state index in [-0.39, 0.29) is 17.2 Å². The number of nitrogens with zero attached hydrogens (tertiary/aromatic N) is 5. The third kappa shape index (κ3) is 2.37. The second-order valence-electron chi connectivity index (χ2n) is 2.88. The van der Waals surface area contributed by atoms with Crippen LogP contribution < -0.4 is 10.5 Å². The summed E-state index contributed by atoms with van der Waals surface area (Å²) in [5.41, 5.74) is 5.40. The minimum Gasteiger partial charge on any atom is -0.421 e. The molecular formula is C8H9ClN6O. The zero-order chi connectivity index (χ0) is 11.5. The van der Waals surface area contributed by atoms with Crippen molar-refractivity contribution in [2.24, 2.45) is 0 Å². The molecular weight excluding hydrogens is 232 g/mol. The maximum Gasteiger partial charge on any atom is 0.328 e. The first-order valence-corrected chi connectivity index (χ1v) is 4.92. The molecule has 2 heterocycles. The van der Waals surface area contributed by atoms with Crippen LogP contribution in [0.2, 0.25) is 5.28 Å². The van der Waals surface area contributed by atoms with Crippen LogP contribution in [0.15, 0.2) is 12.4 Å². The van der Waals surface area contributed by atoms with Gasteiger partial charge >= 0.3 is 6.01 Å². The molecule has 2 rings (SSSR count). The number of halogens is 1. The van der Waals surface area contributed by atoms with Gasteiger partial charge in [0.1, 0.15) is 0 Å². The van der Waals surface area contributed by atoms with E-state index < -0.39 is 0 Å². The third-order valence-corrected chi connectivity index (χ3v) is 1.92. The molecule has 0 saturated carbocycles. The van der Waals surface area contributed by atoms with Gasteiger partial charge in [-0.3, -0.25) is 4.68 Å². The molecule has 0 fully saturated rings. The van der Waals surface area contributed by atoms with Crippen molar-refractivity contribution in [1.82, 2.24) is 24.7 Å². The third-order valence-electron chi connectivity index (χ3n) is 1.75. The predicted octanol–water partition coefficient (Wildman–Crippen LogP) is 1.12. The Morgan fingerprint density at radius 1 is 1.44 bits per heavy atom. The fourth-order valence-electron chi connectivity index (χ4n) is 1.07. The van der Waals surface area contributed by atoms with Gasteiger partial charge in [0.2, 0.25) is 11.2 Å². The standard InChI is InChI=1S/C8H9ClN6O/c1-2-15-4-5(3-11-15)16-8-13-6(9)12-7(10)14-8/h3-4H,2H2,1H3,(H2,10,12,13,14). The number of nitrogens with two attached hydrogens (primary N) is 1. The largest absolute Gasteiger partial charge is 0.421 e. The summed E-state index contributed by atoms with van der Waals surface area (Å²) < 4.78 is 7.02. The van der Waals surface area contributed by atoms with Gasteiger partial charge in [0, 0.05) is 6.54 Å². The summed E-state index contributed by atoms with van der Waals surface area (Å²) in [7, 11) is 0. The highest BCUT2D eigenvalue weighted by Gasteiger charge is 2.06. The highest BCUT2D eigenvalue weighted by atomic mass is 35.5. The average Bonchev–Trinajstić information content (AvgIpc) is 2.64. The van der Waals surface area contributed by atoms with E-state index in [0.29, 0.717) is 5.75 Å². The van der Waals surface area contributed by atoms with Gasteiger partial charge in [-0.2, -0.15) is 20.1 Å². The van der Waals surface area contributed by atoms with Crippen LogP contribution in [0.3, 0.4) is 0 Å². The molecule has 0 aliphatic heterocycles. The van der Waals surface area contributed by atoms with E-state index in [1.807, 2.05) is 6.92 Å². The lowest BCUT2D eigenvalue weighted by molar-refractivity contribution is 0.439. The minimum absolute atomic E-state index is 0.00890. The first kappa shape index (κ1) is 10.6. The SMILES string of the molecule is CCn1cc(Oc2nc(N)nc(Cl)n2)cn1. The summed E-state index contributed by atoms with van der Waals surface area (Å²) in [6, 6.07) is 0.0492. The lowest BCUT2D eigenvalue weighted by Crippen LogP contribution is -2.00. The molecule has 0 unspecified atom stereocenters. The van der Waals surface area contributed by atoms with E-state index in [0.717, 1.165) is 6.54 Å². The molecule has 0 aliphatic carbocycles. The van der Waals surface area contributed by atoms with Crippen molar-refractivity contribution in [3.63, 3.8) is 0 Å². The van der Waals surface area contributed by atoms with Crippen LogP contribution >= 0.6 is 11.6 Å². The summed E-state index contributed by atoms with van der Waals surface area (Å²) in [4.78, 5) is 11.2. The highest BCUT2D eigenvalue weighted by Crippen LogP contribution is 2.18. The molecule has 0 saturated heterocycles. The van der Waals surface area contributed by atoms with Gasteiger partial charge in [0.05, 0.1) is 12.4 Å². The number of anilines is 1. The number of ether oxygens (including phenoxy) is 1. The van der Waals surface area contributed by atoms with Crippen molar-refractivity contribution in [3.05, 3.63) is 17.7 Å². The van der Waals surface area contributed by atoms with Gasteiger partial charge in [-0.1, -0.05) is 0 Å². The zero-order valence-electron chi connectivity index (χ0n) is 8.46. The van der Waals surface area contributed by atoms with Gasteiger partial charge in [-0.25, -0.2) is 0 Å². The van der Waals surface area contributed by atoms with Gasteiger partial charge in [0.15, 0.2) is 5.75 Å². The summed E-state index contributed by atoms with van der Waals surface area (Å²) >= 11 is 5.61. The van der Waals surface area contributed by atoms with Crippen molar-refractivity contribution >= 4 is 17.5 Å². The highest BCUT2D eigenvalue weighted by molar-refractivity contribution is 6.28. The Bertz CT molecular complexity index is 479. The molecule has 2 aromatic heterocycles. The van der Waals surface area contributed by atoms with E-state index in [9.17, 15) is 0 Å². The van der Waals surface area contributed by atoms with Crippen LogP contribution in [0.1, 0.15) is 6.92 Å². The fraction of sp³-hybridized carbons (Fsp3) is 0.250. The van der Waals surface area contributed by atoms with Crippen LogP contribution in [0.4, 0.5) is 5.95 Å². The van der Waals surface area contributed by atoms with E-state index in [4.69, 9.17) is 22.1 Å². The van der Waals surface area contributed by atoms with Crippen LogP contribution in [0, 0.1) is 0 Å². The average molecular weight is 241 g/mol. The number of hydrogen-bond acceptors (Lipinski definition) is 6. The Hall–Kier alpha value is -1.89. The zero-order valence-corrected chi connectivity index (χ0v) is 9.22. The van der Waals surface area contributed by atoms with Crippen LogP contribution in [-0.4, -0.2) is 24.7 Å². The second-order valence-corrected chi connectivity index (χ2v) is 3.22. The summed E-state index contributed by atoms with van der Waals surface area (Å²) in [6.45, 7) is 2.72. The Morgan fingerprint density at radius 3 is 2.88 bits per heavy atom. The first-order valence-electron chi connectivity index (χ1n) is 4.54. The Morgan fingerprint density at radius 2 is 2.25 bits per heavy atom. The van der Waals surface area contributed by atoms with Crippen molar-refractivity contribution < 1.29 is 4.74 Å². The van der Waals surface area contributed by atoms with Crippen molar-refractivity contribution in [2.75, 3.05) is 5.73 Å². The van der Waals surface area contributed by atoms with Crippen molar-refractivity contribution in [1.29, 1.82) is 0 Å². The molecule has 2 aromatic rings. The molecule has 0 aliphatic rings. The molecule has 7 nitrogen and oxygen atoms in total. The molecule has 84 valence electrons. The Balaban J connectivity index is 2.19. The fourth-order valence-corrected chi connectivity index (χ4v) is 1.23. The number of rotatable bonds is 3. The maximum absolute atomic E-state index is 5.61. The van der Waals surface area contributed by atoms with E-state index >= 15 is 0 Å². The normalized spacial score (nSPS) is 10.4. The van der Waals surface area contributed by atoms with E-state index in [1.165, 1.54) is 0 Å². The lowest BCUT2D eigenvalue weighted by Gasteiger charge is -2.00. The molecule has 0 aromatic carbocycles. The lowest BCUT2D eigenvalue weighted by atomic mass is 10.6. The Labute approximate surface area is 96.2 Å². The molecule has 0 spiro atoms. The molecule has 0 amide bonds. The van der Waals surface area contributed by atoms with Crippen LogP contribution in [0.5, 0.6) is 11.8 Å². The molecule has 0 atom stereocenters. The van der Waals surface area contributed by atoms with Crippen molar-refractivity contribution in [2.45, 2.75) is 13.5 Å². The molecule has 0 radical (unpaired) electrons. The van der Waals surface area contributed by atoms with Gasteiger partial charge in [0.25, 0.3) is 0 Å². The Kier molecular flexibility index (Phi) is 2.86. The monoisotopic (exact) mass is 240 g/mol. The number of nitrogen functional groups attached to an aromatic ring is 1. The first-order chi connectivity index (χ1) is 7.67. The minimum atomic E-state index is -0.00890. The predicted molar refractivity (Wildman–Crippen MR) is 57.2 cm³/mol. The molecule has 8 heteroatoms. The van der Waals surface area contributed by atoms with Crippen LogP contribution in [0.25, 0.3) is 0 Å². The van der Waals surface area contributed by atoms with E-state index in [1.54, 1.807) is 17.1 Å². The second kappa shape index (κ2) is 4.31. The number of aromatic nitrogens is 5. The summed E-state index contributed by atoms with van der Waals surface area (Å²) in [5.74, 6) is 0.529. The van der Waals surface area contributed by atoms with Gasteiger partial charge in [-0.15, -0.1) is 0 Å². The summed E-state index contributed by atoms with van der Waals surface area (Å²) in [6.07, 6.45) is 3.27.